The van der Waals surface area contributed by atoms with Crippen LogP contribution in [0.5, 0.6) is 11.5 Å². The van der Waals surface area contributed by atoms with E-state index in [9.17, 15) is 4.79 Å². The van der Waals surface area contributed by atoms with Crippen LogP contribution in [0, 0.1) is 0 Å². The Morgan fingerprint density at radius 3 is 2.89 bits per heavy atom. The molecule has 0 bridgehead atoms. The fourth-order valence-corrected chi connectivity index (χ4v) is 1.95. The van der Waals surface area contributed by atoms with Gasteiger partial charge in [-0.15, -0.1) is 0 Å². The molecule has 1 N–H and O–H groups in total. The summed E-state index contributed by atoms with van der Waals surface area (Å²) in [5, 5.41) is 2.95. The highest BCUT2D eigenvalue weighted by atomic mass is 16.6. The first-order chi connectivity index (χ1) is 9.19. The number of nitrogens with one attached hydrogen (secondary N) is 1. The largest absolute Gasteiger partial charge is 0.486 e. The van der Waals surface area contributed by atoms with Gasteiger partial charge in [0.25, 0.3) is 0 Å². The van der Waals surface area contributed by atoms with Gasteiger partial charge in [0.1, 0.15) is 12.7 Å². The van der Waals surface area contributed by atoms with Crippen LogP contribution in [0.2, 0.25) is 0 Å². The molecule has 1 aliphatic rings. The lowest BCUT2D eigenvalue weighted by molar-refractivity contribution is -0.122. The molecule has 4 nitrogen and oxygen atoms in total. The third kappa shape index (κ3) is 3.88. The van der Waals surface area contributed by atoms with Gasteiger partial charge in [0.15, 0.2) is 11.5 Å². The van der Waals surface area contributed by atoms with Crippen molar-refractivity contribution < 1.29 is 14.3 Å². The van der Waals surface area contributed by atoms with Gasteiger partial charge in [0.2, 0.25) is 5.91 Å². The molecule has 1 aromatic rings. The lowest BCUT2D eigenvalue weighted by atomic mass is 10.1. The van der Waals surface area contributed by atoms with Crippen LogP contribution in [-0.2, 0) is 4.79 Å². The van der Waals surface area contributed by atoms with Crippen LogP contribution in [0.1, 0.15) is 33.1 Å². The quantitative estimate of drug-likeness (QED) is 0.888. The third-order valence-electron chi connectivity index (χ3n) is 3.28. The summed E-state index contributed by atoms with van der Waals surface area (Å²) in [6, 6.07) is 7.85. The summed E-state index contributed by atoms with van der Waals surface area (Å²) in [5.74, 6) is 1.63. The minimum Gasteiger partial charge on any atom is -0.486 e. The first-order valence-corrected chi connectivity index (χ1v) is 6.87. The van der Waals surface area contributed by atoms with Crippen LogP contribution < -0.4 is 14.8 Å². The number of ether oxygens (including phenoxy) is 2. The molecule has 1 heterocycles. The SMILES string of the molecule is CC[C@@H](C)NC(=O)CC[C@H]1COc2ccccc2O1. The summed E-state index contributed by atoms with van der Waals surface area (Å²) >= 11 is 0. The highest BCUT2D eigenvalue weighted by Gasteiger charge is 2.21. The van der Waals surface area contributed by atoms with E-state index >= 15 is 0 Å². The number of hydrogen-bond acceptors (Lipinski definition) is 3. The van der Waals surface area contributed by atoms with Gasteiger partial charge in [-0.1, -0.05) is 19.1 Å². The van der Waals surface area contributed by atoms with E-state index in [4.69, 9.17) is 9.47 Å². The molecule has 0 aliphatic carbocycles. The van der Waals surface area contributed by atoms with E-state index in [1.54, 1.807) is 0 Å². The van der Waals surface area contributed by atoms with Crippen LogP contribution in [0.4, 0.5) is 0 Å². The van der Waals surface area contributed by atoms with Gasteiger partial charge >= 0.3 is 0 Å². The van der Waals surface area contributed by atoms with Gasteiger partial charge < -0.3 is 14.8 Å². The van der Waals surface area contributed by atoms with Gasteiger partial charge in [-0.25, -0.2) is 0 Å². The second kappa shape index (κ2) is 6.45. The molecule has 2 rings (SSSR count). The molecule has 19 heavy (non-hydrogen) atoms. The average molecular weight is 263 g/mol. The van der Waals surface area contributed by atoms with Gasteiger partial charge in [0, 0.05) is 12.5 Å². The van der Waals surface area contributed by atoms with Crippen molar-refractivity contribution in [2.75, 3.05) is 6.61 Å². The molecule has 2 atom stereocenters. The molecule has 1 aliphatic heterocycles. The van der Waals surface area contributed by atoms with Crippen molar-refractivity contribution in [3.05, 3.63) is 24.3 Å². The topological polar surface area (TPSA) is 47.6 Å². The summed E-state index contributed by atoms with van der Waals surface area (Å²) in [6.07, 6.45) is 2.05. The number of hydrogen-bond donors (Lipinski definition) is 1. The number of amides is 1. The monoisotopic (exact) mass is 263 g/mol. The zero-order valence-corrected chi connectivity index (χ0v) is 11.5. The summed E-state index contributed by atoms with van der Waals surface area (Å²) in [5.41, 5.74) is 0. The Hall–Kier alpha value is -1.71. The van der Waals surface area contributed by atoms with E-state index < -0.39 is 0 Å². The molecule has 0 saturated carbocycles. The fourth-order valence-electron chi connectivity index (χ4n) is 1.95. The van der Waals surface area contributed by atoms with Crippen molar-refractivity contribution in [3.8, 4) is 11.5 Å². The van der Waals surface area contributed by atoms with E-state index in [-0.39, 0.29) is 18.1 Å². The second-order valence-corrected chi connectivity index (χ2v) is 4.91. The maximum Gasteiger partial charge on any atom is 0.220 e. The van der Waals surface area contributed by atoms with Crippen molar-refractivity contribution in [3.63, 3.8) is 0 Å². The average Bonchev–Trinajstić information content (AvgIpc) is 2.44. The van der Waals surface area contributed by atoms with Crippen LogP contribution in [0.25, 0.3) is 0 Å². The van der Waals surface area contributed by atoms with E-state index in [0.717, 1.165) is 17.9 Å². The third-order valence-corrected chi connectivity index (χ3v) is 3.28. The fraction of sp³-hybridized carbons (Fsp3) is 0.533. The Balaban J connectivity index is 1.78. The number of carbonyl (C=O) groups is 1. The Morgan fingerprint density at radius 1 is 1.42 bits per heavy atom. The minimum absolute atomic E-state index is 0.0439. The Morgan fingerprint density at radius 2 is 2.16 bits per heavy atom. The molecule has 0 spiro atoms. The maximum absolute atomic E-state index is 11.7. The van der Waals surface area contributed by atoms with E-state index in [1.807, 2.05) is 31.2 Å². The number of fused-ring (bicyclic) bond motifs is 1. The first kappa shape index (κ1) is 13.7. The normalized spacial score (nSPS) is 18.7. The molecule has 0 fully saturated rings. The number of para-hydroxylation sites is 2. The van der Waals surface area contributed by atoms with Crippen molar-refractivity contribution in [2.45, 2.75) is 45.3 Å². The molecule has 104 valence electrons. The molecule has 0 aromatic heterocycles. The molecule has 0 saturated heterocycles. The molecule has 1 aromatic carbocycles. The highest BCUT2D eigenvalue weighted by molar-refractivity contribution is 5.76. The minimum atomic E-state index is -0.0439. The lowest BCUT2D eigenvalue weighted by Gasteiger charge is -2.26. The molecule has 4 heteroatoms. The molecular formula is C15H21NO3. The summed E-state index contributed by atoms with van der Waals surface area (Å²) in [4.78, 5) is 11.7. The predicted molar refractivity (Wildman–Crippen MR) is 73.5 cm³/mol. The molecule has 0 radical (unpaired) electrons. The second-order valence-electron chi connectivity index (χ2n) is 4.91. The first-order valence-electron chi connectivity index (χ1n) is 6.87. The number of carbonyl (C=O) groups excluding carboxylic acids is 1. The molecule has 1 amide bonds. The zero-order valence-electron chi connectivity index (χ0n) is 11.5. The summed E-state index contributed by atoms with van der Waals surface area (Å²) in [7, 11) is 0. The standard InChI is InChI=1S/C15H21NO3/c1-3-11(2)16-15(17)9-8-12-10-18-13-6-4-5-7-14(13)19-12/h4-7,11-12H,3,8-10H2,1-2H3,(H,16,17)/t11-,12+/m1/s1. The summed E-state index contributed by atoms with van der Waals surface area (Å²) in [6.45, 7) is 4.57. The molecular weight excluding hydrogens is 242 g/mol. The lowest BCUT2D eigenvalue weighted by Crippen LogP contribution is -2.34. The number of benzene rings is 1. The van der Waals surface area contributed by atoms with Crippen molar-refractivity contribution >= 4 is 5.91 Å². The van der Waals surface area contributed by atoms with Crippen LogP contribution in [0.3, 0.4) is 0 Å². The smallest absolute Gasteiger partial charge is 0.220 e. The zero-order chi connectivity index (χ0) is 13.7. The van der Waals surface area contributed by atoms with E-state index in [0.29, 0.717) is 19.4 Å². The Kier molecular flexibility index (Phi) is 4.66. The van der Waals surface area contributed by atoms with Crippen LogP contribution in [-0.4, -0.2) is 24.7 Å². The predicted octanol–water partition coefficient (Wildman–Crippen LogP) is 2.52. The highest BCUT2D eigenvalue weighted by Crippen LogP contribution is 2.31. The summed E-state index contributed by atoms with van der Waals surface area (Å²) < 4.78 is 11.4. The van der Waals surface area contributed by atoms with Gasteiger partial charge in [0.05, 0.1) is 0 Å². The Bertz CT molecular complexity index is 433. The van der Waals surface area contributed by atoms with Crippen molar-refractivity contribution in [1.29, 1.82) is 0 Å². The van der Waals surface area contributed by atoms with Gasteiger partial charge in [-0.2, -0.15) is 0 Å². The van der Waals surface area contributed by atoms with E-state index in [2.05, 4.69) is 12.2 Å². The van der Waals surface area contributed by atoms with Crippen molar-refractivity contribution in [2.24, 2.45) is 0 Å². The Labute approximate surface area is 114 Å². The van der Waals surface area contributed by atoms with Crippen LogP contribution in [0.15, 0.2) is 24.3 Å². The number of rotatable bonds is 5. The van der Waals surface area contributed by atoms with Gasteiger partial charge in [-0.3, -0.25) is 4.79 Å². The van der Waals surface area contributed by atoms with Crippen molar-refractivity contribution in [1.82, 2.24) is 5.32 Å². The molecule has 0 unspecified atom stereocenters. The van der Waals surface area contributed by atoms with Crippen LogP contribution >= 0.6 is 0 Å². The van der Waals surface area contributed by atoms with E-state index in [1.165, 1.54) is 0 Å². The maximum atomic E-state index is 11.7. The van der Waals surface area contributed by atoms with Gasteiger partial charge in [-0.05, 0) is 31.9 Å².